The van der Waals surface area contributed by atoms with Crippen LogP contribution in [-0.2, 0) is 15.6 Å². The van der Waals surface area contributed by atoms with Gasteiger partial charge in [0.15, 0.2) is 5.82 Å². The molecule has 0 aliphatic heterocycles. The van der Waals surface area contributed by atoms with E-state index in [0.717, 1.165) is 4.57 Å². The topological polar surface area (TPSA) is 108 Å². The van der Waals surface area contributed by atoms with Crippen LogP contribution in [0.25, 0.3) is 11.4 Å². The van der Waals surface area contributed by atoms with Gasteiger partial charge in [-0.15, -0.1) is 10.2 Å². The Morgan fingerprint density at radius 3 is 2.57 bits per heavy atom. The highest BCUT2D eigenvalue weighted by molar-refractivity contribution is 8.13. The van der Waals surface area contributed by atoms with Crippen LogP contribution in [0.1, 0.15) is 6.92 Å². The van der Waals surface area contributed by atoms with Crippen molar-refractivity contribution < 1.29 is 13.3 Å². The first-order chi connectivity index (χ1) is 9.77. The lowest BCUT2D eigenvalue weighted by Gasteiger charge is -2.07. The van der Waals surface area contributed by atoms with Crippen molar-refractivity contribution in [2.75, 3.05) is 0 Å². The number of nitrogens with zero attached hydrogens (tertiary/aromatic N) is 4. The summed E-state index contributed by atoms with van der Waals surface area (Å²) < 4.78 is 24.0. The molecule has 0 N–H and O–H groups in total. The molecule has 21 heavy (non-hydrogen) atoms. The van der Waals surface area contributed by atoms with Gasteiger partial charge >= 0.3 is 0 Å². The van der Waals surface area contributed by atoms with Crippen LogP contribution < -0.4 is 0 Å². The highest BCUT2D eigenvalue weighted by atomic mass is 35.7. The monoisotopic (exact) mass is 350 g/mol. The summed E-state index contributed by atoms with van der Waals surface area (Å²) in [6.45, 7) is 1.77. The number of rotatable bonds is 4. The first-order valence-corrected chi connectivity index (χ1v) is 8.27. The lowest BCUT2D eigenvalue weighted by molar-refractivity contribution is -0.384. The zero-order chi connectivity index (χ0) is 15.8. The van der Waals surface area contributed by atoms with Gasteiger partial charge in [0.25, 0.3) is 19.9 Å². The summed E-state index contributed by atoms with van der Waals surface area (Å²) >= 11 is 5.99. The van der Waals surface area contributed by atoms with Crippen molar-refractivity contribution in [1.82, 2.24) is 14.8 Å². The predicted octanol–water partition coefficient (Wildman–Crippen LogP) is 2.45. The highest BCUT2D eigenvalue weighted by Gasteiger charge is 2.28. The summed E-state index contributed by atoms with van der Waals surface area (Å²) in [5.74, 6) is -0.0333. The van der Waals surface area contributed by atoms with Gasteiger partial charge in [-0.25, -0.2) is 8.42 Å². The molecule has 0 spiro atoms. The number of halogens is 2. The molecule has 0 atom stereocenters. The molecule has 0 radical (unpaired) electrons. The second-order valence-electron chi connectivity index (χ2n) is 3.88. The molecule has 0 unspecified atom stereocenters. The number of nitro groups is 1. The summed E-state index contributed by atoms with van der Waals surface area (Å²) in [5.41, 5.74) is -0.312. The van der Waals surface area contributed by atoms with Crippen molar-refractivity contribution in [2.24, 2.45) is 0 Å². The Hall–Kier alpha value is -1.71. The number of hydrogen-bond donors (Lipinski definition) is 0. The van der Waals surface area contributed by atoms with E-state index in [9.17, 15) is 18.5 Å². The molecule has 1 heterocycles. The van der Waals surface area contributed by atoms with E-state index in [1.54, 1.807) is 6.92 Å². The fourth-order valence-electron chi connectivity index (χ4n) is 1.83. The number of hydrogen-bond acceptors (Lipinski definition) is 6. The average Bonchev–Trinajstić information content (AvgIpc) is 2.81. The van der Waals surface area contributed by atoms with E-state index in [-0.39, 0.29) is 28.6 Å². The second-order valence-corrected chi connectivity index (χ2v) is 6.75. The fourth-order valence-corrected chi connectivity index (χ4v) is 3.04. The minimum atomic E-state index is -4.13. The normalized spacial score (nSPS) is 11.6. The third-order valence-electron chi connectivity index (χ3n) is 2.66. The van der Waals surface area contributed by atoms with Gasteiger partial charge < -0.3 is 0 Å². The Balaban J connectivity index is 2.81. The SMILES string of the molecule is CCn1c(-c2c(Cl)cccc2[N+](=O)[O-])nnc1S(=O)(=O)Cl. The van der Waals surface area contributed by atoms with Crippen molar-refractivity contribution in [2.45, 2.75) is 18.6 Å². The van der Waals surface area contributed by atoms with Gasteiger partial charge in [0.05, 0.1) is 9.95 Å². The zero-order valence-corrected chi connectivity index (χ0v) is 12.9. The third kappa shape index (κ3) is 2.85. The lowest BCUT2D eigenvalue weighted by atomic mass is 10.1. The molecule has 0 bridgehead atoms. The van der Waals surface area contributed by atoms with Gasteiger partial charge in [-0.05, 0) is 13.0 Å². The molecular formula is C10H8Cl2N4O4S. The third-order valence-corrected chi connectivity index (χ3v) is 4.13. The molecule has 0 fully saturated rings. The molecule has 112 valence electrons. The van der Waals surface area contributed by atoms with E-state index in [1.807, 2.05) is 0 Å². The Kier molecular flexibility index (Phi) is 4.17. The molecule has 1 aromatic heterocycles. The molecule has 0 saturated heterocycles. The molecule has 11 heteroatoms. The molecule has 0 aliphatic rings. The number of aromatic nitrogens is 3. The Labute approximate surface area is 128 Å². The Morgan fingerprint density at radius 1 is 1.38 bits per heavy atom. The highest BCUT2D eigenvalue weighted by Crippen LogP contribution is 2.36. The van der Waals surface area contributed by atoms with Crippen LogP contribution in [0.3, 0.4) is 0 Å². The molecule has 2 aromatic rings. The number of nitro benzene ring substituents is 1. The van der Waals surface area contributed by atoms with Crippen molar-refractivity contribution in [3.63, 3.8) is 0 Å². The minimum absolute atomic E-state index is 0.00918. The fraction of sp³-hybridized carbons (Fsp3) is 0.200. The van der Waals surface area contributed by atoms with E-state index in [0.29, 0.717) is 0 Å². The van der Waals surface area contributed by atoms with Crippen LogP contribution in [0.4, 0.5) is 5.69 Å². The van der Waals surface area contributed by atoms with Crippen molar-refractivity contribution in [3.8, 4) is 11.4 Å². The van der Waals surface area contributed by atoms with E-state index < -0.39 is 19.1 Å². The van der Waals surface area contributed by atoms with Crippen molar-refractivity contribution in [1.29, 1.82) is 0 Å². The molecule has 0 aliphatic carbocycles. The quantitative estimate of drug-likeness (QED) is 0.476. The summed E-state index contributed by atoms with van der Waals surface area (Å²) in [7, 11) is 1.14. The van der Waals surface area contributed by atoms with Gasteiger partial charge in [-0.1, -0.05) is 17.7 Å². The van der Waals surface area contributed by atoms with Crippen LogP contribution in [0.2, 0.25) is 5.02 Å². The number of benzene rings is 1. The van der Waals surface area contributed by atoms with Crippen molar-refractivity contribution >= 4 is 37.0 Å². The van der Waals surface area contributed by atoms with Gasteiger partial charge in [-0.2, -0.15) is 0 Å². The molecule has 1 aromatic carbocycles. The smallest absolute Gasteiger partial charge is 0.296 e. The Morgan fingerprint density at radius 2 is 2.05 bits per heavy atom. The average molecular weight is 351 g/mol. The van der Waals surface area contributed by atoms with Gasteiger partial charge in [-0.3, -0.25) is 14.7 Å². The zero-order valence-electron chi connectivity index (χ0n) is 10.5. The van der Waals surface area contributed by atoms with Gasteiger partial charge in [0.2, 0.25) is 0 Å². The van der Waals surface area contributed by atoms with E-state index in [2.05, 4.69) is 10.2 Å². The van der Waals surface area contributed by atoms with E-state index in [1.165, 1.54) is 18.2 Å². The van der Waals surface area contributed by atoms with E-state index in [4.69, 9.17) is 22.3 Å². The van der Waals surface area contributed by atoms with Crippen LogP contribution in [0, 0.1) is 10.1 Å². The standard InChI is InChI=1S/C10H8Cl2N4O4S/c1-2-15-9(13-14-10(15)21(12,19)20)8-6(11)4-3-5-7(8)16(17)18/h3-5H,2H2,1H3. The predicted molar refractivity (Wildman–Crippen MR) is 75.8 cm³/mol. The maximum Gasteiger partial charge on any atom is 0.296 e. The molecule has 0 amide bonds. The summed E-state index contributed by atoms with van der Waals surface area (Å²) in [6.07, 6.45) is 0. The lowest BCUT2D eigenvalue weighted by Crippen LogP contribution is -2.07. The van der Waals surface area contributed by atoms with Gasteiger partial charge in [0.1, 0.15) is 5.56 Å². The molecule has 2 rings (SSSR count). The Bertz CT molecular complexity index is 818. The first kappa shape index (κ1) is 15.7. The van der Waals surface area contributed by atoms with Crippen molar-refractivity contribution in [3.05, 3.63) is 33.3 Å². The molecular weight excluding hydrogens is 343 g/mol. The van der Waals surface area contributed by atoms with Crippen LogP contribution in [0.15, 0.2) is 23.4 Å². The summed E-state index contributed by atoms with van der Waals surface area (Å²) in [4.78, 5) is 10.5. The first-order valence-electron chi connectivity index (χ1n) is 5.58. The van der Waals surface area contributed by atoms with Gasteiger partial charge in [0, 0.05) is 23.3 Å². The van der Waals surface area contributed by atoms with E-state index >= 15 is 0 Å². The minimum Gasteiger partial charge on any atom is -0.297 e. The van der Waals surface area contributed by atoms with Crippen LogP contribution >= 0.6 is 22.3 Å². The maximum absolute atomic E-state index is 11.4. The maximum atomic E-state index is 11.4. The summed E-state index contributed by atoms with van der Waals surface area (Å²) in [6, 6.07) is 4.09. The molecule has 8 nitrogen and oxygen atoms in total. The van der Waals surface area contributed by atoms with Crippen LogP contribution in [-0.4, -0.2) is 28.1 Å². The largest absolute Gasteiger partial charge is 0.297 e. The summed E-state index contributed by atoms with van der Waals surface area (Å²) in [5, 5.41) is 17.8. The molecule has 0 saturated carbocycles. The second kappa shape index (κ2) is 5.58. The van der Waals surface area contributed by atoms with Crippen LogP contribution in [0.5, 0.6) is 0 Å².